The summed E-state index contributed by atoms with van der Waals surface area (Å²) in [6.45, 7) is 1.79. The van der Waals surface area contributed by atoms with Crippen LogP contribution in [-0.4, -0.2) is 31.8 Å². The number of benzene rings is 3. The van der Waals surface area contributed by atoms with E-state index in [1.165, 1.54) is 35.2 Å². The highest BCUT2D eigenvalue weighted by molar-refractivity contribution is 7.92. The minimum atomic E-state index is -4.17. The van der Waals surface area contributed by atoms with Crippen molar-refractivity contribution in [1.82, 2.24) is 10.5 Å². The Morgan fingerprint density at radius 3 is 2.40 bits per heavy atom. The van der Waals surface area contributed by atoms with Gasteiger partial charge in [0.15, 0.2) is 5.75 Å². The van der Waals surface area contributed by atoms with Crippen LogP contribution in [0.4, 0.5) is 10.5 Å². The van der Waals surface area contributed by atoms with Crippen LogP contribution in [0.15, 0.2) is 83.9 Å². The zero-order chi connectivity index (χ0) is 25.0. The number of amides is 1. The van der Waals surface area contributed by atoms with Crippen LogP contribution >= 0.6 is 0 Å². The summed E-state index contributed by atoms with van der Waals surface area (Å²) < 4.78 is 39.6. The molecule has 0 unspecified atom stereocenters. The number of ether oxygens (including phenoxy) is 2. The van der Waals surface area contributed by atoms with Crippen LogP contribution in [0, 0.1) is 6.92 Å². The summed E-state index contributed by atoms with van der Waals surface area (Å²) in [5.74, 6) is 0.370. The van der Waals surface area contributed by atoms with E-state index in [0.29, 0.717) is 22.2 Å². The molecule has 0 aliphatic heterocycles. The maximum atomic E-state index is 14.0. The SMILES string of the molecule is COc1ccc(S(=O)(=O)N(Cc2ccccc2)c2c(OC(=O)NO)cnc3c(C)cccc23)cc1. The lowest BCUT2D eigenvalue weighted by Gasteiger charge is -2.27. The van der Waals surface area contributed by atoms with Crippen LogP contribution in [0.3, 0.4) is 0 Å². The van der Waals surface area contributed by atoms with Gasteiger partial charge in [-0.2, -0.15) is 0 Å². The van der Waals surface area contributed by atoms with Crippen molar-refractivity contribution in [2.24, 2.45) is 0 Å². The van der Waals surface area contributed by atoms with Gasteiger partial charge in [0.05, 0.1) is 30.3 Å². The summed E-state index contributed by atoms with van der Waals surface area (Å²) in [7, 11) is -2.68. The molecule has 180 valence electrons. The van der Waals surface area contributed by atoms with Gasteiger partial charge in [-0.1, -0.05) is 48.5 Å². The van der Waals surface area contributed by atoms with E-state index in [9.17, 15) is 13.2 Å². The number of nitrogens with one attached hydrogen (secondary N) is 1. The number of para-hydroxylation sites is 1. The van der Waals surface area contributed by atoms with E-state index in [0.717, 1.165) is 5.56 Å². The highest BCUT2D eigenvalue weighted by Crippen LogP contribution is 2.40. The van der Waals surface area contributed by atoms with Crippen molar-refractivity contribution in [3.8, 4) is 11.5 Å². The third kappa shape index (κ3) is 4.88. The summed E-state index contributed by atoms with van der Waals surface area (Å²) in [5, 5.41) is 9.48. The second kappa shape index (κ2) is 10.00. The van der Waals surface area contributed by atoms with Crippen molar-refractivity contribution in [3.05, 3.63) is 90.1 Å². The largest absolute Gasteiger partial charge is 0.497 e. The van der Waals surface area contributed by atoms with Gasteiger partial charge in [-0.05, 0) is 42.3 Å². The van der Waals surface area contributed by atoms with E-state index in [2.05, 4.69) is 4.98 Å². The van der Waals surface area contributed by atoms with Gasteiger partial charge in [-0.3, -0.25) is 14.5 Å². The van der Waals surface area contributed by atoms with Gasteiger partial charge in [-0.25, -0.2) is 18.7 Å². The minimum absolute atomic E-state index is 0.0180. The number of fused-ring (bicyclic) bond motifs is 1. The van der Waals surface area contributed by atoms with Gasteiger partial charge < -0.3 is 9.47 Å². The van der Waals surface area contributed by atoms with Crippen LogP contribution in [0.25, 0.3) is 10.9 Å². The first-order valence-corrected chi connectivity index (χ1v) is 12.0. The number of anilines is 1. The molecule has 1 aromatic heterocycles. The Balaban J connectivity index is 1.99. The quantitative estimate of drug-likeness (QED) is 0.289. The number of hydrogen-bond donors (Lipinski definition) is 2. The first-order chi connectivity index (χ1) is 16.8. The zero-order valence-corrected chi connectivity index (χ0v) is 19.8. The monoisotopic (exact) mass is 493 g/mol. The fraction of sp³-hybridized carbons (Fsp3) is 0.120. The van der Waals surface area contributed by atoms with Crippen molar-refractivity contribution in [1.29, 1.82) is 0 Å². The van der Waals surface area contributed by atoms with Gasteiger partial charge in [0.2, 0.25) is 0 Å². The number of nitrogens with zero attached hydrogens (tertiary/aromatic N) is 2. The highest BCUT2D eigenvalue weighted by atomic mass is 32.2. The Hall–Kier alpha value is -4.15. The van der Waals surface area contributed by atoms with Gasteiger partial charge >= 0.3 is 6.09 Å². The van der Waals surface area contributed by atoms with Crippen molar-refractivity contribution >= 4 is 32.7 Å². The second-order valence-corrected chi connectivity index (χ2v) is 9.48. The average Bonchev–Trinajstić information content (AvgIpc) is 2.88. The van der Waals surface area contributed by atoms with Crippen molar-refractivity contribution in [2.75, 3.05) is 11.4 Å². The molecule has 0 bridgehead atoms. The number of aryl methyl sites for hydroxylation is 1. The first kappa shape index (κ1) is 24.0. The number of hydroxylamine groups is 1. The fourth-order valence-corrected chi connectivity index (χ4v) is 5.18. The maximum absolute atomic E-state index is 14.0. The van der Waals surface area contributed by atoms with Gasteiger partial charge in [-0.15, -0.1) is 0 Å². The van der Waals surface area contributed by atoms with Crippen LogP contribution in [0.2, 0.25) is 0 Å². The van der Waals surface area contributed by atoms with Crippen molar-refractivity contribution in [3.63, 3.8) is 0 Å². The summed E-state index contributed by atoms with van der Waals surface area (Å²) in [5.41, 5.74) is 3.57. The molecule has 9 nitrogen and oxygen atoms in total. The molecule has 35 heavy (non-hydrogen) atoms. The molecule has 10 heteroatoms. The van der Waals surface area contributed by atoms with E-state index < -0.39 is 16.1 Å². The third-order valence-corrected chi connectivity index (χ3v) is 7.16. The molecule has 0 fully saturated rings. The lowest BCUT2D eigenvalue weighted by molar-refractivity contribution is 0.127. The Kier molecular flexibility index (Phi) is 6.85. The zero-order valence-electron chi connectivity index (χ0n) is 19.0. The predicted molar refractivity (Wildman–Crippen MR) is 130 cm³/mol. The van der Waals surface area contributed by atoms with Crippen LogP contribution < -0.4 is 19.3 Å². The smallest absolute Gasteiger partial charge is 0.436 e. The molecule has 2 N–H and O–H groups in total. The molecule has 4 aromatic rings. The normalized spacial score (nSPS) is 11.2. The number of pyridine rings is 1. The minimum Gasteiger partial charge on any atom is -0.497 e. The number of sulfonamides is 1. The standard InChI is InChI=1S/C25H23N3O6S/c1-17-7-6-10-21-23(17)26-15-22(34-25(29)27-30)24(21)28(16-18-8-4-3-5-9-18)35(31,32)20-13-11-19(33-2)12-14-20/h3-15,30H,16H2,1-2H3,(H,27,29). The van der Waals surface area contributed by atoms with Crippen molar-refractivity contribution in [2.45, 2.75) is 18.4 Å². The highest BCUT2D eigenvalue weighted by Gasteiger charge is 2.31. The molecule has 0 radical (unpaired) electrons. The number of carbonyl (C=O) groups excluding carboxylic acids is 1. The molecule has 3 aromatic carbocycles. The first-order valence-electron chi connectivity index (χ1n) is 10.6. The molecule has 0 atom stereocenters. The molecule has 1 amide bonds. The molecular formula is C25H23N3O6S. The average molecular weight is 494 g/mol. The number of aromatic nitrogens is 1. The Morgan fingerprint density at radius 1 is 1.03 bits per heavy atom. The van der Waals surface area contributed by atoms with Crippen LogP contribution in [0.5, 0.6) is 11.5 Å². The number of hydrogen-bond acceptors (Lipinski definition) is 7. The molecule has 0 aliphatic rings. The number of methoxy groups -OCH3 is 1. The molecule has 4 rings (SSSR count). The molecule has 0 saturated heterocycles. The lowest BCUT2D eigenvalue weighted by atomic mass is 10.1. The number of carbonyl (C=O) groups is 1. The molecule has 0 aliphatic carbocycles. The molecule has 0 saturated carbocycles. The summed E-state index contributed by atoms with van der Waals surface area (Å²) in [6, 6.07) is 20.4. The summed E-state index contributed by atoms with van der Waals surface area (Å²) in [4.78, 5) is 16.3. The van der Waals surface area contributed by atoms with E-state index in [-0.39, 0.29) is 22.9 Å². The molecule has 1 heterocycles. The van der Waals surface area contributed by atoms with Gasteiger partial charge in [0.25, 0.3) is 10.0 Å². The molecular weight excluding hydrogens is 470 g/mol. The lowest BCUT2D eigenvalue weighted by Crippen LogP contribution is -2.32. The van der Waals surface area contributed by atoms with E-state index >= 15 is 0 Å². The Labute approximate surface area is 202 Å². The summed E-state index contributed by atoms with van der Waals surface area (Å²) >= 11 is 0. The van der Waals surface area contributed by atoms with E-state index in [1.54, 1.807) is 48.5 Å². The number of rotatable bonds is 7. The second-order valence-electron chi connectivity index (χ2n) is 7.62. The fourth-order valence-electron chi connectivity index (χ4n) is 3.70. The maximum Gasteiger partial charge on any atom is 0.436 e. The van der Waals surface area contributed by atoms with E-state index in [1.807, 2.05) is 19.1 Å². The van der Waals surface area contributed by atoms with Crippen LogP contribution in [-0.2, 0) is 16.6 Å². The Bertz CT molecular complexity index is 1460. The Morgan fingerprint density at radius 2 is 1.74 bits per heavy atom. The third-order valence-electron chi connectivity index (χ3n) is 5.40. The van der Waals surface area contributed by atoms with Crippen LogP contribution in [0.1, 0.15) is 11.1 Å². The summed E-state index contributed by atoms with van der Waals surface area (Å²) in [6.07, 6.45) is 0.0862. The van der Waals surface area contributed by atoms with Gasteiger partial charge in [0, 0.05) is 5.39 Å². The van der Waals surface area contributed by atoms with Gasteiger partial charge in [0.1, 0.15) is 11.4 Å². The predicted octanol–water partition coefficient (Wildman–Crippen LogP) is 4.42. The topological polar surface area (TPSA) is 118 Å². The van der Waals surface area contributed by atoms with Crippen molar-refractivity contribution < 1.29 is 27.9 Å². The molecule has 0 spiro atoms. The van der Waals surface area contributed by atoms with E-state index in [4.69, 9.17) is 14.7 Å².